The van der Waals surface area contributed by atoms with Crippen LogP contribution < -0.4 is 5.73 Å². The second-order valence-electron chi connectivity index (χ2n) is 5.13. The summed E-state index contributed by atoms with van der Waals surface area (Å²) < 4.78 is 13.2. The Morgan fingerprint density at radius 2 is 2.05 bits per heavy atom. The molecule has 2 rings (SSSR count). The number of carbonyl (C=O) groups excluding carboxylic acids is 1. The zero-order valence-electron chi connectivity index (χ0n) is 11.5. The minimum Gasteiger partial charge on any atom is -0.369 e. The van der Waals surface area contributed by atoms with Crippen molar-refractivity contribution >= 4 is 17.5 Å². The zero-order chi connectivity index (χ0) is 14.7. The molecular formula is C14H19ClFN3O. The van der Waals surface area contributed by atoms with Gasteiger partial charge < -0.3 is 5.73 Å². The highest BCUT2D eigenvalue weighted by Gasteiger charge is 2.23. The monoisotopic (exact) mass is 299 g/mol. The van der Waals surface area contributed by atoms with Crippen LogP contribution in [0.25, 0.3) is 0 Å². The van der Waals surface area contributed by atoms with E-state index < -0.39 is 5.82 Å². The number of hydrogen-bond acceptors (Lipinski definition) is 3. The number of carbonyl (C=O) groups is 1. The maximum atomic E-state index is 13.2. The first kappa shape index (κ1) is 15.2. The number of primary amides is 1. The van der Waals surface area contributed by atoms with E-state index in [4.69, 9.17) is 17.3 Å². The Balaban J connectivity index is 1.95. The van der Waals surface area contributed by atoms with Crippen molar-refractivity contribution in [3.8, 4) is 0 Å². The van der Waals surface area contributed by atoms with Gasteiger partial charge in [-0.2, -0.15) is 0 Å². The SMILES string of the molecule is CC(c1ccc(F)c(Cl)c1)N1CCN(CC(N)=O)CC1. The molecule has 1 unspecified atom stereocenters. The van der Waals surface area contributed by atoms with E-state index in [1.54, 1.807) is 12.1 Å². The molecule has 0 radical (unpaired) electrons. The largest absolute Gasteiger partial charge is 0.369 e. The number of piperazine rings is 1. The van der Waals surface area contributed by atoms with Crippen molar-refractivity contribution in [2.45, 2.75) is 13.0 Å². The summed E-state index contributed by atoms with van der Waals surface area (Å²) in [7, 11) is 0. The van der Waals surface area contributed by atoms with Gasteiger partial charge in [-0.1, -0.05) is 17.7 Å². The summed E-state index contributed by atoms with van der Waals surface area (Å²) in [6.45, 7) is 5.70. The molecular weight excluding hydrogens is 281 g/mol. The molecule has 0 spiro atoms. The summed E-state index contributed by atoms with van der Waals surface area (Å²) in [4.78, 5) is 15.2. The van der Waals surface area contributed by atoms with Crippen LogP contribution in [0.5, 0.6) is 0 Å². The van der Waals surface area contributed by atoms with E-state index in [1.165, 1.54) is 6.07 Å². The average Bonchev–Trinajstić information content (AvgIpc) is 2.41. The van der Waals surface area contributed by atoms with Crippen LogP contribution in [0, 0.1) is 5.82 Å². The Hall–Kier alpha value is -1.17. The van der Waals surface area contributed by atoms with E-state index in [2.05, 4.69) is 11.8 Å². The van der Waals surface area contributed by atoms with Crippen LogP contribution >= 0.6 is 11.6 Å². The molecule has 110 valence electrons. The fourth-order valence-corrected chi connectivity index (χ4v) is 2.70. The second kappa shape index (κ2) is 6.52. The summed E-state index contributed by atoms with van der Waals surface area (Å²) in [6.07, 6.45) is 0. The molecule has 1 amide bonds. The number of nitrogens with zero attached hydrogens (tertiary/aromatic N) is 2. The molecule has 0 aromatic heterocycles. The molecule has 1 aliphatic rings. The lowest BCUT2D eigenvalue weighted by Crippen LogP contribution is -2.49. The fourth-order valence-electron chi connectivity index (χ4n) is 2.51. The van der Waals surface area contributed by atoms with E-state index in [0.29, 0.717) is 6.54 Å². The second-order valence-corrected chi connectivity index (χ2v) is 5.54. The predicted octanol–water partition coefficient (Wildman–Crippen LogP) is 1.64. The molecule has 4 nitrogen and oxygen atoms in total. The summed E-state index contributed by atoms with van der Waals surface area (Å²) in [5.41, 5.74) is 6.19. The molecule has 1 aromatic rings. The molecule has 1 atom stereocenters. The number of rotatable bonds is 4. The first-order chi connectivity index (χ1) is 9.47. The highest BCUT2D eigenvalue weighted by molar-refractivity contribution is 6.30. The Morgan fingerprint density at radius 1 is 1.40 bits per heavy atom. The summed E-state index contributed by atoms with van der Waals surface area (Å²) in [5.74, 6) is -0.689. The number of benzene rings is 1. The van der Waals surface area contributed by atoms with E-state index in [-0.39, 0.29) is 17.0 Å². The number of nitrogens with two attached hydrogens (primary N) is 1. The van der Waals surface area contributed by atoms with Gasteiger partial charge in [0.1, 0.15) is 5.82 Å². The molecule has 1 saturated heterocycles. The molecule has 0 bridgehead atoms. The lowest BCUT2D eigenvalue weighted by molar-refractivity contribution is -0.119. The average molecular weight is 300 g/mol. The predicted molar refractivity (Wildman–Crippen MR) is 77.0 cm³/mol. The van der Waals surface area contributed by atoms with Crippen LogP contribution in [0.15, 0.2) is 18.2 Å². The van der Waals surface area contributed by atoms with Crippen LogP contribution in [0.4, 0.5) is 4.39 Å². The number of hydrogen-bond donors (Lipinski definition) is 1. The fraction of sp³-hybridized carbons (Fsp3) is 0.500. The third kappa shape index (κ3) is 3.69. The van der Waals surface area contributed by atoms with Crippen LogP contribution in [0.3, 0.4) is 0 Å². The van der Waals surface area contributed by atoms with Crippen molar-refractivity contribution in [1.29, 1.82) is 0 Å². The van der Waals surface area contributed by atoms with Gasteiger partial charge in [-0.3, -0.25) is 14.6 Å². The highest BCUT2D eigenvalue weighted by atomic mass is 35.5. The van der Waals surface area contributed by atoms with Gasteiger partial charge in [0, 0.05) is 32.2 Å². The first-order valence-electron chi connectivity index (χ1n) is 6.67. The third-order valence-corrected chi connectivity index (χ3v) is 4.05. The van der Waals surface area contributed by atoms with Gasteiger partial charge >= 0.3 is 0 Å². The Kier molecular flexibility index (Phi) is 4.96. The summed E-state index contributed by atoms with van der Waals surface area (Å²) in [6, 6.07) is 5.01. The zero-order valence-corrected chi connectivity index (χ0v) is 12.2. The lowest BCUT2D eigenvalue weighted by atomic mass is 10.1. The number of halogens is 2. The maximum Gasteiger partial charge on any atom is 0.231 e. The standard InChI is InChI=1S/C14H19ClFN3O/c1-10(11-2-3-13(16)12(15)8-11)19-6-4-18(5-7-19)9-14(17)20/h2-3,8,10H,4-7,9H2,1H3,(H2,17,20). The number of amides is 1. The third-order valence-electron chi connectivity index (χ3n) is 3.76. The van der Waals surface area contributed by atoms with Gasteiger partial charge in [-0.25, -0.2) is 4.39 Å². The molecule has 1 fully saturated rings. The maximum absolute atomic E-state index is 13.2. The molecule has 2 N–H and O–H groups in total. The normalized spacial score (nSPS) is 18.9. The van der Waals surface area contributed by atoms with Crippen LogP contribution in [0.1, 0.15) is 18.5 Å². The minimum absolute atomic E-state index is 0.154. The Bertz CT molecular complexity index is 489. The van der Waals surface area contributed by atoms with Gasteiger partial charge in [0.25, 0.3) is 0 Å². The Labute approximate surface area is 123 Å². The van der Waals surface area contributed by atoms with Crippen molar-refractivity contribution < 1.29 is 9.18 Å². The van der Waals surface area contributed by atoms with Crippen LogP contribution in [-0.4, -0.2) is 48.4 Å². The molecule has 1 aliphatic heterocycles. The lowest BCUT2D eigenvalue weighted by Gasteiger charge is -2.37. The molecule has 1 aromatic carbocycles. The van der Waals surface area contributed by atoms with Crippen molar-refractivity contribution in [1.82, 2.24) is 9.80 Å². The van der Waals surface area contributed by atoms with Crippen molar-refractivity contribution in [2.75, 3.05) is 32.7 Å². The smallest absolute Gasteiger partial charge is 0.231 e. The van der Waals surface area contributed by atoms with E-state index in [0.717, 1.165) is 31.7 Å². The van der Waals surface area contributed by atoms with Crippen molar-refractivity contribution in [2.24, 2.45) is 5.73 Å². The van der Waals surface area contributed by atoms with E-state index >= 15 is 0 Å². The van der Waals surface area contributed by atoms with Gasteiger partial charge in [0.05, 0.1) is 11.6 Å². The molecule has 0 saturated carbocycles. The molecule has 20 heavy (non-hydrogen) atoms. The highest BCUT2D eigenvalue weighted by Crippen LogP contribution is 2.25. The quantitative estimate of drug-likeness (QED) is 0.919. The van der Waals surface area contributed by atoms with Crippen LogP contribution in [-0.2, 0) is 4.79 Å². The van der Waals surface area contributed by atoms with Crippen molar-refractivity contribution in [3.05, 3.63) is 34.6 Å². The van der Waals surface area contributed by atoms with Crippen molar-refractivity contribution in [3.63, 3.8) is 0 Å². The summed E-state index contributed by atoms with van der Waals surface area (Å²) in [5, 5.41) is 0.154. The summed E-state index contributed by atoms with van der Waals surface area (Å²) >= 11 is 5.82. The molecule has 6 heteroatoms. The minimum atomic E-state index is -0.395. The molecule has 0 aliphatic carbocycles. The van der Waals surface area contributed by atoms with E-state index in [9.17, 15) is 9.18 Å². The Morgan fingerprint density at radius 3 is 2.60 bits per heavy atom. The van der Waals surface area contributed by atoms with Gasteiger partial charge in [0.15, 0.2) is 0 Å². The molecule has 1 heterocycles. The van der Waals surface area contributed by atoms with Gasteiger partial charge in [-0.15, -0.1) is 0 Å². The van der Waals surface area contributed by atoms with Gasteiger partial charge in [0.2, 0.25) is 5.91 Å². The van der Waals surface area contributed by atoms with E-state index in [1.807, 2.05) is 4.90 Å². The van der Waals surface area contributed by atoms with Gasteiger partial charge in [-0.05, 0) is 24.6 Å². The van der Waals surface area contributed by atoms with Crippen LogP contribution in [0.2, 0.25) is 5.02 Å². The topological polar surface area (TPSA) is 49.6 Å². The first-order valence-corrected chi connectivity index (χ1v) is 7.05.